The molecule has 0 unspecified atom stereocenters. The number of para-hydroxylation sites is 1. The summed E-state index contributed by atoms with van der Waals surface area (Å²) in [6, 6.07) is 22.8. The molecule has 1 atom stereocenters. The first-order valence-corrected chi connectivity index (χ1v) is 9.76. The van der Waals surface area contributed by atoms with Crippen molar-refractivity contribution < 1.29 is 14.3 Å². The second kappa shape index (κ2) is 7.92. The average molecular weight is 385 g/mol. The number of carbonyl (C=O) groups is 2. The molecule has 4 heteroatoms. The van der Waals surface area contributed by atoms with Gasteiger partial charge in [-0.1, -0.05) is 47.5 Å². The maximum Gasteiger partial charge on any atom is 0.237 e. The zero-order valence-electron chi connectivity index (χ0n) is 16.6. The van der Waals surface area contributed by atoms with E-state index in [1.165, 1.54) is 16.0 Å². The van der Waals surface area contributed by atoms with E-state index in [4.69, 9.17) is 4.74 Å². The van der Waals surface area contributed by atoms with Crippen LogP contribution in [0.2, 0.25) is 0 Å². The Morgan fingerprint density at radius 3 is 2.14 bits per heavy atom. The van der Waals surface area contributed by atoms with Crippen LogP contribution in [0.25, 0.3) is 0 Å². The van der Waals surface area contributed by atoms with Gasteiger partial charge < -0.3 is 4.74 Å². The maximum atomic E-state index is 12.9. The highest BCUT2D eigenvalue weighted by molar-refractivity contribution is 6.21. The summed E-state index contributed by atoms with van der Waals surface area (Å²) in [5.74, 6) is 0.795. The molecule has 29 heavy (non-hydrogen) atoms. The van der Waals surface area contributed by atoms with Crippen molar-refractivity contribution in [2.24, 2.45) is 5.92 Å². The number of aryl methyl sites for hydroxylation is 2. The van der Waals surface area contributed by atoms with E-state index in [1.54, 1.807) is 24.3 Å². The summed E-state index contributed by atoms with van der Waals surface area (Å²) in [7, 11) is 0. The van der Waals surface area contributed by atoms with Gasteiger partial charge in [-0.25, -0.2) is 0 Å². The Kier molecular flexibility index (Phi) is 5.17. The smallest absolute Gasteiger partial charge is 0.237 e. The van der Waals surface area contributed by atoms with Crippen LogP contribution in [0.1, 0.15) is 23.1 Å². The summed E-state index contributed by atoms with van der Waals surface area (Å²) in [6.07, 6.45) is 0.826. The standard InChI is InChI=1S/C25H23NO3/c1-17-12-18(2)14-19(13-17)15-20-16-24(27)26(25(20)28)21-8-10-23(11-9-21)29-22-6-4-3-5-7-22/h3-14,20H,15-16H2,1-2H3/t20-/m0/s1. The summed E-state index contributed by atoms with van der Waals surface area (Å²) in [5, 5.41) is 0. The highest BCUT2D eigenvalue weighted by Gasteiger charge is 2.39. The van der Waals surface area contributed by atoms with E-state index in [1.807, 2.05) is 44.2 Å². The quantitative estimate of drug-likeness (QED) is 0.566. The molecule has 4 nitrogen and oxygen atoms in total. The first-order valence-electron chi connectivity index (χ1n) is 9.76. The van der Waals surface area contributed by atoms with Crippen LogP contribution in [0.4, 0.5) is 5.69 Å². The molecular formula is C25H23NO3. The minimum Gasteiger partial charge on any atom is -0.457 e. The van der Waals surface area contributed by atoms with Gasteiger partial charge in [-0.2, -0.15) is 0 Å². The molecule has 0 bridgehead atoms. The van der Waals surface area contributed by atoms with Gasteiger partial charge >= 0.3 is 0 Å². The lowest BCUT2D eigenvalue weighted by Gasteiger charge is -2.16. The Morgan fingerprint density at radius 1 is 0.862 bits per heavy atom. The van der Waals surface area contributed by atoms with Crippen molar-refractivity contribution in [3.8, 4) is 11.5 Å². The van der Waals surface area contributed by atoms with Crippen molar-refractivity contribution in [1.29, 1.82) is 0 Å². The van der Waals surface area contributed by atoms with E-state index in [9.17, 15) is 9.59 Å². The summed E-state index contributed by atoms with van der Waals surface area (Å²) >= 11 is 0. The van der Waals surface area contributed by atoms with Gasteiger partial charge in [0.1, 0.15) is 11.5 Å². The molecule has 1 aliphatic rings. The minimum absolute atomic E-state index is 0.133. The van der Waals surface area contributed by atoms with E-state index in [-0.39, 0.29) is 24.2 Å². The van der Waals surface area contributed by atoms with Crippen LogP contribution in [0.3, 0.4) is 0 Å². The Morgan fingerprint density at radius 2 is 1.48 bits per heavy atom. The summed E-state index contributed by atoms with van der Waals surface area (Å²) in [5.41, 5.74) is 4.02. The van der Waals surface area contributed by atoms with Crippen molar-refractivity contribution in [2.45, 2.75) is 26.7 Å². The van der Waals surface area contributed by atoms with Crippen molar-refractivity contribution >= 4 is 17.5 Å². The fourth-order valence-electron chi connectivity index (χ4n) is 3.88. The van der Waals surface area contributed by atoms with Gasteiger partial charge in [-0.3, -0.25) is 14.5 Å². The molecule has 0 radical (unpaired) electrons. The molecular weight excluding hydrogens is 362 g/mol. The fraction of sp³-hybridized carbons (Fsp3) is 0.200. The van der Waals surface area contributed by atoms with Crippen molar-refractivity contribution in [1.82, 2.24) is 0 Å². The van der Waals surface area contributed by atoms with Crippen LogP contribution in [-0.4, -0.2) is 11.8 Å². The van der Waals surface area contributed by atoms with Crippen LogP contribution in [0.5, 0.6) is 11.5 Å². The number of carbonyl (C=O) groups excluding carboxylic acids is 2. The number of ether oxygens (including phenoxy) is 1. The minimum atomic E-state index is -0.316. The molecule has 0 aromatic heterocycles. The van der Waals surface area contributed by atoms with Crippen molar-refractivity contribution in [3.05, 3.63) is 89.5 Å². The molecule has 2 amide bonds. The Balaban J connectivity index is 1.48. The van der Waals surface area contributed by atoms with Crippen molar-refractivity contribution in [3.63, 3.8) is 0 Å². The van der Waals surface area contributed by atoms with E-state index < -0.39 is 0 Å². The lowest BCUT2D eigenvalue weighted by Crippen LogP contribution is -2.30. The van der Waals surface area contributed by atoms with E-state index >= 15 is 0 Å². The van der Waals surface area contributed by atoms with Gasteiger partial charge in [0.15, 0.2) is 0 Å². The molecule has 1 saturated heterocycles. The first kappa shape index (κ1) is 18.9. The molecule has 0 saturated carbocycles. The molecule has 0 aliphatic carbocycles. The Bertz CT molecular complexity index is 1020. The number of anilines is 1. The fourth-order valence-corrected chi connectivity index (χ4v) is 3.88. The number of hydrogen-bond acceptors (Lipinski definition) is 3. The predicted octanol–water partition coefficient (Wildman–Crippen LogP) is 5.22. The van der Waals surface area contributed by atoms with E-state index in [2.05, 4.69) is 18.2 Å². The predicted molar refractivity (Wildman–Crippen MR) is 113 cm³/mol. The molecule has 4 rings (SSSR count). The molecule has 0 N–H and O–H groups in total. The highest BCUT2D eigenvalue weighted by atomic mass is 16.5. The Hall–Kier alpha value is -3.40. The zero-order valence-corrected chi connectivity index (χ0v) is 16.6. The van der Waals surface area contributed by atoms with Gasteiger partial charge in [0.25, 0.3) is 0 Å². The van der Waals surface area contributed by atoms with E-state index in [0.29, 0.717) is 17.9 Å². The SMILES string of the molecule is Cc1cc(C)cc(C[C@H]2CC(=O)N(c3ccc(Oc4ccccc4)cc3)C2=O)c1. The lowest BCUT2D eigenvalue weighted by molar-refractivity contribution is -0.122. The zero-order chi connectivity index (χ0) is 20.4. The number of rotatable bonds is 5. The maximum absolute atomic E-state index is 12.9. The lowest BCUT2D eigenvalue weighted by atomic mass is 9.95. The van der Waals surface area contributed by atoms with Crippen LogP contribution >= 0.6 is 0 Å². The highest BCUT2D eigenvalue weighted by Crippen LogP contribution is 2.31. The van der Waals surface area contributed by atoms with Crippen LogP contribution in [-0.2, 0) is 16.0 Å². The van der Waals surface area contributed by atoms with Gasteiger partial charge in [0.05, 0.1) is 11.6 Å². The summed E-state index contributed by atoms with van der Waals surface area (Å²) in [4.78, 5) is 26.8. The first-order chi connectivity index (χ1) is 14.0. The number of amides is 2. The second-order valence-electron chi connectivity index (χ2n) is 7.58. The average Bonchev–Trinajstić information content (AvgIpc) is 2.96. The summed E-state index contributed by atoms with van der Waals surface area (Å²) in [6.45, 7) is 4.09. The molecule has 146 valence electrons. The van der Waals surface area contributed by atoms with E-state index in [0.717, 1.165) is 11.3 Å². The van der Waals surface area contributed by atoms with Crippen LogP contribution in [0.15, 0.2) is 72.8 Å². The van der Waals surface area contributed by atoms with Crippen LogP contribution < -0.4 is 9.64 Å². The normalized spacial score (nSPS) is 16.3. The number of nitrogens with zero attached hydrogens (tertiary/aromatic N) is 1. The summed E-state index contributed by atoms with van der Waals surface area (Å²) < 4.78 is 5.78. The number of benzene rings is 3. The molecule has 3 aromatic carbocycles. The number of imide groups is 1. The Labute approximate surface area is 170 Å². The topological polar surface area (TPSA) is 46.6 Å². The van der Waals surface area contributed by atoms with Gasteiger partial charge in [0.2, 0.25) is 11.8 Å². The van der Waals surface area contributed by atoms with Gasteiger partial charge in [-0.05, 0) is 62.2 Å². The molecule has 1 aliphatic heterocycles. The monoisotopic (exact) mass is 385 g/mol. The molecule has 1 heterocycles. The molecule has 1 fully saturated rings. The molecule has 0 spiro atoms. The number of hydrogen-bond donors (Lipinski definition) is 0. The molecule has 3 aromatic rings. The largest absolute Gasteiger partial charge is 0.457 e. The van der Waals surface area contributed by atoms with Gasteiger partial charge in [0, 0.05) is 6.42 Å². The third-order valence-electron chi connectivity index (χ3n) is 5.08. The third kappa shape index (κ3) is 4.21. The van der Waals surface area contributed by atoms with Crippen LogP contribution in [0, 0.1) is 19.8 Å². The third-order valence-corrected chi connectivity index (χ3v) is 5.08. The second-order valence-corrected chi connectivity index (χ2v) is 7.58. The van der Waals surface area contributed by atoms with Crippen molar-refractivity contribution in [2.75, 3.05) is 4.90 Å². The van der Waals surface area contributed by atoms with Gasteiger partial charge in [-0.15, -0.1) is 0 Å².